The van der Waals surface area contributed by atoms with Crippen LogP contribution in [0.4, 0.5) is 32.8 Å². The predicted molar refractivity (Wildman–Crippen MR) is 162 cm³/mol. The molecule has 1 spiro atoms. The van der Waals surface area contributed by atoms with Gasteiger partial charge in [-0.15, -0.1) is 0 Å². The zero-order valence-corrected chi connectivity index (χ0v) is 27.1. The lowest BCUT2D eigenvalue weighted by atomic mass is 9.81. The Kier molecular flexibility index (Phi) is 8.72. The van der Waals surface area contributed by atoms with Crippen LogP contribution < -0.4 is 5.32 Å². The van der Waals surface area contributed by atoms with Gasteiger partial charge in [-0.05, 0) is 76.4 Å². The lowest BCUT2D eigenvalue weighted by Gasteiger charge is -2.46. The van der Waals surface area contributed by atoms with Gasteiger partial charge in [-0.3, -0.25) is 14.4 Å². The van der Waals surface area contributed by atoms with Gasteiger partial charge < -0.3 is 24.6 Å². The molecule has 2 fully saturated rings. The monoisotopic (exact) mass is 676 g/mol. The maximum Gasteiger partial charge on any atom is 0.418 e. The Labute approximate surface area is 274 Å². The highest BCUT2D eigenvalue weighted by Gasteiger charge is 2.59. The Morgan fingerprint density at radius 3 is 2.31 bits per heavy atom. The topological polar surface area (TPSA) is 126 Å². The number of nitrogens with zero attached hydrogens (tertiary/aromatic N) is 3. The quantitative estimate of drug-likeness (QED) is 0.404. The molecule has 2 saturated heterocycles. The maximum absolute atomic E-state index is 13.7. The molecule has 11 nitrogen and oxygen atoms in total. The fourth-order valence-electron chi connectivity index (χ4n) is 6.04. The standard InChI is InChI=1S/C33H36F4N4O7/c1-19(33(35,36)37)40(15-20-6-8-22(34)9-7-20)25(42)16-41-27(44)32(48-29(41)46)13-12-21-14-23(10-11-24(21)32)38-26(43)31(5)17-39(18-31)28(45)47-30(2,3)4/h6-11,14,19H,12-13,15-18H2,1-5H3,(H,38,43)/t19-,32?/m0/s1. The molecule has 2 aromatic rings. The molecular formula is C33H36F4N4O7. The number of carbonyl (C=O) groups excluding carboxylic acids is 5. The molecule has 2 aliphatic heterocycles. The van der Waals surface area contributed by atoms with Crippen LogP contribution in [0.15, 0.2) is 42.5 Å². The first-order valence-corrected chi connectivity index (χ1v) is 15.3. The molecule has 5 amide bonds. The van der Waals surface area contributed by atoms with E-state index in [9.17, 15) is 41.5 Å². The summed E-state index contributed by atoms with van der Waals surface area (Å²) in [6, 6.07) is 6.98. The van der Waals surface area contributed by atoms with Crippen molar-refractivity contribution in [1.29, 1.82) is 0 Å². The first-order chi connectivity index (χ1) is 22.2. The second-order valence-corrected chi connectivity index (χ2v) is 13.7. The number of rotatable bonds is 7. The zero-order valence-electron chi connectivity index (χ0n) is 27.1. The molecule has 15 heteroatoms. The number of likely N-dealkylation sites (tertiary alicyclic amines) is 1. The Morgan fingerprint density at radius 2 is 1.71 bits per heavy atom. The summed E-state index contributed by atoms with van der Waals surface area (Å²) in [5, 5.41) is 2.83. The van der Waals surface area contributed by atoms with Crippen LogP contribution in [0, 0.1) is 11.2 Å². The number of aryl methyl sites for hydroxylation is 1. The van der Waals surface area contributed by atoms with Crippen LogP contribution in [-0.4, -0.2) is 82.1 Å². The van der Waals surface area contributed by atoms with Gasteiger partial charge in [-0.1, -0.05) is 18.2 Å². The summed E-state index contributed by atoms with van der Waals surface area (Å²) in [7, 11) is 0. The van der Waals surface area contributed by atoms with Crippen LogP contribution in [-0.2, 0) is 42.4 Å². The number of hydrogen-bond acceptors (Lipinski definition) is 7. The molecule has 5 rings (SSSR count). The number of imide groups is 1. The summed E-state index contributed by atoms with van der Waals surface area (Å²) in [6.07, 6.45) is -6.22. The highest BCUT2D eigenvalue weighted by Crippen LogP contribution is 2.46. The fourth-order valence-corrected chi connectivity index (χ4v) is 6.04. The number of halogens is 4. The maximum atomic E-state index is 13.7. The van der Waals surface area contributed by atoms with Crippen molar-refractivity contribution in [3.8, 4) is 0 Å². The minimum atomic E-state index is -4.82. The summed E-state index contributed by atoms with van der Waals surface area (Å²) >= 11 is 0. The molecule has 3 aliphatic rings. The summed E-state index contributed by atoms with van der Waals surface area (Å²) < 4.78 is 65.4. The third-order valence-corrected chi connectivity index (χ3v) is 8.72. The van der Waals surface area contributed by atoms with Gasteiger partial charge in [-0.2, -0.15) is 13.2 Å². The zero-order chi connectivity index (χ0) is 35.4. The molecule has 2 atom stereocenters. The van der Waals surface area contributed by atoms with Crippen LogP contribution in [0.2, 0.25) is 0 Å². The van der Waals surface area contributed by atoms with Gasteiger partial charge in [0.25, 0.3) is 5.91 Å². The second kappa shape index (κ2) is 12.1. The molecule has 0 radical (unpaired) electrons. The predicted octanol–water partition coefficient (Wildman–Crippen LogP) is 5.12. The molecule has 1 N–H and O–H groups in total. The van der Waals surface area contributed by atoms with Crippen LogP contribution in [0.1, 0.15) is 57.7 Å². The molecule has 0 saturated carbocycles. The molecule has 258 valence electrons. The minimum absolute atomic E-state index is 0.0236. The van der Waals surface area contributed by atoms with E-state index in [4.69, 9.17) is 9.47 Å². The number of amides is 5. The van der Waals surface area contributed by atoms with E-state index >= 15 is 0 Å². The molecule has 0 aromatic heterocycles. The molecule has 0 bridgehead atoms. The SMILES string of the molecule is C[C@H](N(Cc1ccc(F)cc1)C(=O)CN1C(=O)OC2(CCc3cc(NC(=O)C4(C)CN(C(=O)OC(C)(C)C)C4)ccc32)C1=O)C(F)(F)F. The average Bonchev–Trinajstić information content (AvgIpc) is 3.44. The average molecular weight is 677 g/mol. The molecule has 1 unspecified atom stereocenters. The minimum Gasteiger partial charge on any atom is -0.444 e. The Hall–Kier alpha value is -4.69. The number of fused-ring (bicyclic) bond motifs is 2. The van der Waals surface area contributed by atoms with Crippen LogP contribution in [0.3, 0.4) is 0 Å². The molecule has 2 aromatic carbocycles. The van der Waals surface area contributed by atoms with Crippen molar-refractivity contribution < 1.29 is 51.0 Å². The Morgan fingerprint density at radius 1 is 1.06 bits per heavy atom. The van der Waals surface area contributed by atoms with Crippen molar-refractivity contribution in [2.75, 3.05) is 25.0 Å². The van der Waals surface area contributed by atoms with E-state index in [2.05, 4.69) is 5.32 Å². The first-order valence-electron chi connectivity index (χ1n) is 15.3. The molecule has 2 heterocycles. The summed E-state index contributed by atoms with van der Waals surface area (Å²) in [5.74, 6) is -2.98. The van der Waals surface area contributed by atoms with Gasteiger partial charge in [0.05, 0.1) is 5.41 Å². The van der Waals surface area contributed by atoms with E-state index in [0.29, 0.717) is 26.6 Å². The van der Waals surface area contributed by atoms with Gasteiger partial charge in [0.2, 0.25) is 17.4 Å². The van der Waals surface area contributed by atoms with Gasteiger partial charge >= 0.3 is 18.4 Å². The number of hydrogen-bond donors (Lipinski definition) is 1. The van der Waals surface area contributed by atoms with Crippen LogP contribution in [0.25, 0.3) is 0 Å². The number of alkyl halides is 3. The van der Waals surface area contributed by atoms with Crippen molar-refractivity contribution in [2.45, 2.75) is 77.4 Å². The van der Waals surface area contributed by atoms with E-state index in [0.717, 1.165) is 19.1 Å². The Balaban J connectivity index is 1.27. The number of anilines is 1. The largest absolute Gasteiger partial charge is 0.444 e. The van der Waals surface area contributed by atoms with Crippen LogP contribution >= 0.6 is 0 Å². The molecule has 48 heavy (non-hydrogen) atoms. The highest BCUT2D eigenvalue weighted by molar-refractivity contribution is 6.06. The fraction of sp³-hybridized carbons (Fsp3) is 0.485. The third-order valence-electron chi connectivity index (χ3n) is 8.72. The van der Waals surface area contributed by atoms with E-state index in [1.54, 1.807) is 33.8 Å². The van der Waals surface area contributed by atoms with E-state index in [-0.39, 0.29) is 37.4 Å². The normalized spacial score (nSPS) is 20.6. The summed E-state index contributed by atoms with van der Waals surface area (Å²) in [6.45, 7) is 6.50. The van der Waals surface area contributed by atoms with Crippen LogP contribution in [0.5, 0.6) is 0 Å². The van der Waals surface area contributed by atoms with Gasteiger partial charge in [-0.25, -0.2) is 18.9 Å². The van der Waals surface area contributed by atoms with Crippen molar-refractivity contribution >= 4 is 35.6 Å². The summed E-state index contributed by atoms with van der Waals surface area (Å²) in [5.41, 5.74) is -1.76. The highest BCUT2D eigenvalue weighted by atomic mass is 19.4. The third kappa shape index (κ3) is 6.67. The lowest BCUT2D eigenvalue weighted by Crippen LogP contribution is -2.62. The first kappa shape index (κ1) is 34.6. The van der Waals surface area contributed by atoms with Gasteiger partial charge in [0.15, 0.2) is 0 Å². The Bertz CT molecular complexity index is 1650. The lowest BCUT2D eigenvalue weighted by molar-refractivity contribution is -0.187. The molecule has 1 aliphatic carbocycles. The number of ether oxygens (including phenoxy) is 2. The molecular weight excluding hydrogens is 640 g/mol. The van der Waals surface area contributed by atoms with Crippen molar-refractivity contribution in [3.05, 3.63) is 65.0 Å². The van der Waals surface area contributed by atoms with Gasteiger partial charge in [0, 0.05) is 37.3 Å². The second-order valence-electron chi connectivity index (χ2n) is 13.7. The van der Waals surface area contributed by atoms with Crippen molar-refractivity contribution in [1.82, 2.24) is 14.7 Å². The van der Waals surface area contributed by atoms with Gasteiger partial charge in [0.1, 0.15) is 24.0 Å². The van der Waals surface area contributed by atoms with E-state index in [1.807, 2.05) is 0 Å². The van der Waals surface area contributed by atoms with Crippen molar-refractivity contribution in [2.24, 2.45) is 5.41 Å². The van der Waals surface area contributed by atoms with E-state index < -0.39 is 71.7 Å². The number of nitrogens with one attached hydrogen (secondary N) is 1. The number of carbonyl (C=O) groups is 5. The smallest absolute Gasteiger partial charge is 0.418 e. The number of benzene rings is 2. The van der Waals surface area contributed by atoms with E-state index in [1.165, 1.54) is 29.2 Å². The summed E-state index contributed by atoms with van der Waals surface area (Å²) in [4.78, 5) is 67.7. The van der Waals surface area contributed by atoms with Crippen molar-refractivity contribution in [3.63, 3.8) is 0 Å².